The van der Waals surface area contributed by atoms with Gasteiger partial charge in [-0.1, -0.05) is 13.8 Å². The summed E-state index contributed by atoms with van der Waals surface area (Å²) in [4.78, 5) is 22.4. The number of methoxy groups -OCH3 is 1. The molecule has 0 saturated heterocycles. The fraction of sp³-hybridized carbons (Fsp3) is 0.500. The molecule has 1 aromatic carbocycles. The summed E-state index contributed by atoms with van der Waals surface area (Å²) in [5, 5.41) is 23.3. The molecule has 1 aliphatic rings. The number of ether oxygens (including phenoxy) is 1. The van der Waals surface area contributed by atoms with Gasteiger partial charge in [0.1, 0.15) is 0 Å². The van der Waals surface area contributed by atoms with Crippen LogP contribution in [-0.2, 0) is 0 Å². The van der Waals surface area contributed by atoms with E-state index in [2.05, 4.69) is 5.32 Å². The van der Waals surface area contributed by atoms with Gasteiger partial charge in [-0.25, -0.2) is 0 Å². The number of amides is 1. The lowest BCUT2D eigenvalue weighted by atomic mass is 9.64. The van der Waals surface area contributed by atoms with Crippen LogP contribution >= 0.6 is 0 Å². The molecule has 7 heteroatoms. The minimum atomic E-state index is -0.564. The number of nitrogens with one attached hydrogen (secondary N) is 1. The minimum Gasteiger partial charge on any atom is -0.490 e. The van der Waals surface area contributed by atoms with Gasteiger partial charge in [-0.3, -0.25) is 14.9 Å². The molecule has 0 spiro atoms. The molecule has 1 amide bonds. The molecule has 0 aromatic heterocycles. The van der Waals surface area contributed by atoms with Gasteiger partial charge in [0.05, 0.1) is 18.1 Å². The summed E-state index contributed by atoms with van der Waals surface area (Å²) in [6, 6.07) is 3.85. The smallest absolute Gasteiger partial charge is 0.310 e. The first kappa shape index (κ1) is 15.2. The number of nitro benzene ring substituents is 1. The fourth-order valence-electron chi connectivity index (χ4n) is 2.36. The number of benzene rings is 1. The van der Waals surface area contributed by atoms with Crippen LogP contribution in [0.5, 0.6) is 5.75 Å². The highest BCUT2D eigenvalue weighted by Gasteiger charge is 2.48. The largest absolute Gasteiger partial charge is 0.490 e. The molecule has 0 radical (unpaired) electrons. The maximum Gasteiger partial charge on any atom is 0.310 e. The molecule has 1 aliphatic carbocycles. The van der Waals surface area contributed by atoms with Gasteiger partial charge in [0.25, 0.3) is 5.91 Å². The Morgan fingerprint density at radius 2 is 2.19 bits per heavy atom. The zero-order valence-electron chi connectivity index (χ0n) is 12.1. The van der Waals surface area contributed by atoms with Gasteiger partial charge >= 0.3 is 5.69 Å². The van der Waals surface area contributed by atoms with E-state index in [9.17, 15) is 20.0 Å². The molecule has 21 heavy (non-hydrogen) atoms. The highest BCUT2D eigenvalue weighted by molar-refractivity contribution is 5.95. The highest BCUT2D eigenvalue weighted by atomic mass is 16.6. The molecule has 2 unspecified atom stereocenters. The Morgan fingerprint density at radius 1 is 1.52 bits per heavy atom. The van der Waals surface area contributed by atoms with E-state index in [1.54, 1.807) is 0 Å². The number of nitro groups is 1. The molecule has 0 aliphatic heterocycles. The standard InChI is InChI=1S/C14H18N2O5/c1-14(2)11(7-12(14)17)15-13(18)8-4-5-9(16(19)20)10(6-8)21-3/h4-6,11-12,17H,7H2,1-3H3,(H,15,18). The summed E-state index contributed by atoms with van der Waals surface area (Å²) in [7, 11) is 1.31. The van der Waals surface area contributed by atoms with Crippen LogP contribution in [-0.4, -0.2) is 35.2 Å². The van der Waals surface area contributed by atoms with E-state index in [1.807, 2.05) is 13.8 Å². The van der Waals surface area contributed by atoms with E-state index in [4.69, 9.17) is 4.74 Å². The van der Waals surface area contributed by atoms with E-state index in [1.165, 1.54) is 25.3 Å². The van der Waals surface area contributed by atoms with Crippen LogP contribution in [0.15, 0.2) is 18.2 Å². The van der Waals surface area contributed by atoms with Crippen LogP contribution in [0.4, 0.5) is 5.69 Å². The van der Waals surface area contributed by atoms with Crippen LogP contribution in [0, 0.1) is 15.5 Å². The second-order valence-electron chi connectivity index (χ2n) is 5.74. The van der Waals surface area contributed by atoms with Crippen LogP contribution < -0.4 is 10.1 Å². The summed E-state index contributed by atoms with van der Waals surface area (Å²) in [6.07, 6.45) is 0.0669. The molecule has 1 aromatic rings. The molecular weight excluding hydrogens is 276 g/mol. The van der Waals surface area contributed by atoms with E-state index in [-0.39, 0.29) is 34.4 Å². The Kier molecular flexibility index (Phi) is 3.87. The lowest BCUT2D eigenvalue weighted by Gasteiger charge is -2.49. The molecule has 1 fully saturated rings. The average molecular weight is 294 g/mol. The van der Waals surface area contributed by atoms with Crippen molar-refractivity contribution in [1.82, 2.24) is 5.32 Å². The number of aliphatic hydroxyl groups is 1. The summed E-state index contributed by atoms with van der Waals surface area (Å²) in [6.45, 7) is 3.76. The first-order chi connectivity index (χ1) is 9.77. The number of carbonyl (C=O) groups excluding carboxylic acids is 1. The number of hydrogen-bond acceptors (Lipinski definition) is 5. The van der Waals surface area contributed by atoms with Crippen molar-refractivity contribution in [2.24, 2.45) is 5.41 Å². The number of nitrogens with zero attached hydrogens (tertiary/aromatic N) is 1. The Balaban J connectivity index is 2.15. The SMILES string of the molecule is COc1cc(C(=O)NC2CC(O)C2(C)C)ccc1[N+](=O)[O-]. The predicted molar refractivity (Wildman–Crippen MR) is 75.3 cm³/mol. The van der Waals surface area contributed by atoms with Crippen LogP contribution in [0.2, 0.25) is 0 Å². The third-order valence-corrected chi connectivity index (χ3v) is 4.16. The fourth-order valence-corrected chi connectivity index (χ4v) is 2.36. The molecule has 0 heterocycles. The molecule has 2 rings (SSSR count). The number of aliphatic hydroxyl groups excluding tert-OH is 1. The maximum absolute atomic E-state index is 12.2. The van der Waals surface area contributed by atoms with Crippen molar-refractivity contribution >= 4 is 11.6 Å². The van der Waals surface area contributed by atoms with Crippen LogP contribution in [0.25, 0.3) is 0 Å². The monoisotopic (exact) mass is 294 g/mol. The van der Waals surface area contributed by atoms with Gasteiger partial charge < -0.3 is 15.2 Å². The Labute approximate surface area is 122 Å². The average Bonchev–Trinajstić information content (AvgIpc) is 2.45. The molecule has 114 valence electrons. The van der Waals surface area contributed by atoms with Crippen molar-refractivity contribution in [2.75, 3.05) is 7.11 Å². The Bertz CT molecular complexity index is 585. The molecular formula is C14H18N2O5. The molecule has 7 nitrogen and oxygen atoms in total. The zero-order chi connectivity index (χ0) is 15.8. The van der Waals surface area contributed by atoms with Gasteiger partial charge in [-0.2, -0.15) is 0 Å². The van der Waals surface area contributed by atoms with Gasteiger partial charge in [0.2, 0.25) is 0 Å². The van der Waals surface area contributed by atoms with Crippen molar-refractivity contribution in [1.29, 1.82) is 0 Å². The van der Waals surface area contributed by atoms with Gasteiger partial charge in [-0.15, -0.1) is 0 Å². The summed E-state index contributed by atoms with van der Waals surface area (Å²) < 4.78 is 4.94. The maximum atomic E-state index is 12.2. The summed E-state index contributed by atoms with van der Waals surface area (Å²) in [5.41, 5.74) is -0.274. The molecule has 2 N–H and O–H groups in total. The number of hydrogen-bond donors (Lipinski definition) is 2. The van der Waals surface area contributed by atoms with Gasteiger partial charge in [0.15, 0.2) is 5.75 Å². The lowest BCUT2D eigenvalue weighted by molar-refractivity contribution is -0.385. The van der Waals surface area contributed by atoms with E-state index >= 15 is 0 Å². The highest BCUT2D eigenvalue weighted by Crippen LogP contribution is 2.40. The van der Waals surface area contributed by atoms with Gasteiger partial charge in [0, 0.05) is 29.2 Å². The quantitative estimate of drug-likeness (QED) is 0.647. The second-order valence-corrected chi connectivity index (χ2v) is 5.74. The van der Waals surface area contributed by atoms with Crippen molar-refractivity contribution in [3.05, 3.63) is 33.9 Å². The summed E-state index contributed by atoms with van der Waals surface area (Å²) >= 11 is 0. The summed E-state index contributed by atoms with van der Waals surface area (Å²) in [5.74, 6) is -0.297. The van der Waals surface area contributed by atoms with Crippen molar-refractivity contribution in [2.45, 2.75) is 32.4 Å². The number of carbonyl (C=O) groups is 1. The third-order valence-electron chi connectivity index (χ3n) is 4.16. The first-order valence-electron chi connectivity index (χ1n) is 6.58. The third kappa shape index (κ3) is 2.69. The van der Waals surface area contributed by atoms with Crippen LogP contribution in [0.3, 0.4) is 0 Å². The van der Waals surface area contributed by atoms with Crippen LogP contribution in [0.1, 0.15) is 30.6 Å². The second kappa shape index (κ2) is 5.33. The molecule has 0 bridgehead atoms. The predicted octanol–water partition coefficient (Wildman–Crippen LogP) is 1.49. The van der Waals surface area contributed by atoms with Crippen molar-refractivity contribution < 1.29 is 19.6 Å². The van der Waals surface area contributed by atoms with Gasteiger partial charge in [-0.05, 0) is 12.5 Å². The topological polar surface area (TPSA) is 102 Å². The lowest BCUT2D eigenvalue weighted by Crippen LogP contribution is -2.61. The molecule has 1 saturated carbocycles. The van der Waals surface area contributed by atoms with Crippen molar-refractivity contribution in [3.8, 4) is 5.75 Å². The molecule has 2 atom stereocenters. The van der Waals surface area contributed by atoms with E-state index < -0.39 is 11.0 Å². The minimum absolute atomic E-state index is 0.0422. The first-order valence-corrected chi connectivity index (χ1v) is 6.58. The number of rotatable bonds is 4. The Hall–Kier alpha value is -2.15. The normalized spacial score (nSPS) is 23.0. The van der Waals surface area contributed by atoms with E-state index in [0.717, 1.165) is 0 Å². The Morgan fingerprint density at radius 3 is 2.67 bits per heavy atom. The van der Waals surface area contributed by atoms with E-state index in [0.29, 0.717) is 6.42 Å². The van der Waals surface area contributed by atoms with Crippen molar-refractivity contribution in [3.63, 3.8) is 0 Å². The zero-order valence-corrected chi connectivity index (χ0v) is 12.1.